The Morgan fingerprint density at radius 2 is 2.00 bits per heavy atom. The maximum absolute atomic E-state index is 12.5. The molecular formula is C18H24ClN3O4S. The summed E-state index contributed by atoms with van der Waals surface area (Å²) in [5.74, 6) is -0.804. The average Bonchev–Trinajstić information content (AvgIpc) is 3.09. The van der Waals surface area contributed by atoms with Crippen LogP contribution in [0.5, 0.6) is 0 Å². The van der Waals surface area contributed by atoms with E-state index in [-0.39, 0.29) is 29.2 Å². The van der Waals surface area contributed by atoms with Gasteiger partial charge in [-0.2, -0.15) is 0 Å². The minimum absolute atomic E-state index is 0. The number of amides is 1. The van der Waals surface area contributed by atoms with Gasteiger partial charge < -0.3 is 19.9 Å². The summed E-state index contributed by atoms with van der Waals surface area (Å²) in [5, 5.41) is 10.6. The van der Waals surface area contributed by atoms with Crippen molar-refractivity contribution < 1.29 is 18.8 Å². The van der Waals surface area contributed by atoms with Crippen LogP contribution in [0.3, 0.4) is 0 Å². The standard InChI is InChI=1S/C18H23N3O4S.ClH/c1-9-7-11(25-20-9)14(22)19-15-12(16(23)24-6)10-8-17(2,3)21-18(4,5)13(10)26-15;/h7,21H,8H2,1-6H3,(H,19,22);1H. The SMILES string of the molecule is COC(=O)c1c(NC(=O)c2cc(C)no2)sc2c1CC(C)(C)NC2(C)C.Cl. The van der Waals surface area contributed by atoms with E-state index in [0.29, 0.717) is 22.7 Å². The molecule has 3 heterocycles. The molecule has 27 heavy (non-hydrogen) atoms. The maximum atomic E-state index is 12.5. The van der Waals surface area contributed by atoms with Crippen LogP contribution in [-0.2, 0) is 16.7 Å². The molecule has 0 saturated carbocycles. The van der Waals surface area contributed by atoms with Gasteiger partial charge >= 0.3 is 5.97 Å². The van der Waals surface area contributed by atoms with Gasteiger partial charge in [0.05, 0.1) is 18.4 Å². The van der Waals surface area contributed by atoms with Gasteiger partial charge in [0.25, 0.3) is 5.91 Å². The number of anilines is 1. The number of rotatable bonds is 3. The second-order valence-electron chi connectivity index (χ2n) is 7.70. The second-order valence-corrected chi connectivity index (χ2v) is 8.72. The minimum Gasteiger partial charge on any atom is -0.465 e. The van der Waals surface area contributed by atoms with Gasteiger partial charge in [0, 0.05) is 22.0 Å². The average molecular weight is 414 g/mol. The molecule has 0 unspecified atom stereocenters. The summed E-state index contributed by atoms with van der Waals surface area (Å²) in [5.41, 5.74) is 1.42. The molecule has 2 aromatic rings. The van der Waals surface area contributed by atoms with E-state index in [1.165, 1.54) is 18.4 Å². The lowest BCUT2D eigenvalue weighted by molar-refractivity contribution is 0.0600. The van der Waals surface area contributed by atoms with E-state index >= 15 is 0 Å². The van der Waals surface area contributed by atoms with E-state index in [1.807, 2.05) is 0 Å². The van der Waals surface area contributed by atoms with Gasteiger partial charge in [-0.15, -0.1) is 23.7 Å². The van der Waals surface area contributed by atoms with Crippen LogP contribution < -0.4 is 10.6 Å². The summed E-state index contributed by atoms with van der Waals surface area (Å²) in [4.78, 5) is 26.0. The van der Waals surface area contributed by atoms with Crippen molar-refractivity contribution in [2.75, 3.05) is 12.4 Å². The summed E-state index contributed by atoms with van der Waals surface area (Å²) in [6, 6.07) is 1.55. The number of carbonyl (C=O) groups is 2. The molecule has 1 amide bonds. The quantitative estimate of drug-likeness (QED) is 0.746. The highest BCUT2D eigenvalue weighted by molar-refractivity contribution is 7.17. The van der Waals surface area contributed by atoms with Crippen LogP contribution >= 0.6 is 23.7 Å². The highest BCUT2D eigenvalue weighted by Gasteiger charge is 2.42. The summed E-state index contributed by atoms with van der Waals surface area (Å²) >= 11 is 1.39. The lowest BCUT2D eigenvalue weighted by Gasteiger charge is -2.42. The van der Waals surface area contributed by atoms with Gasteiger partial charge in [-0.1, -0.05) is 5.16 Å². The van der Waals surface area contributed by atoms with Crippen molar-refractivity contribution in [2.45, 2.75) is 52.1 Å². The zero-order valence-corrected chi connectivity index (χ0v) is 17.8. The molecule has 1 aliphatic rings. The van der Waals surface area contributed by atoms with Crippen molar-refractivity contribution in [1.29, 1.82) is 0 Å². The first-order valence-electron chi connectivity index (χ1n) is 8.32. The monoisotopic (exact) mass is 413 g/mol. The van der Waals surface area contributed by atoms with Gasteiger partial charge in [-0.25, -0.2) is 4.79 Å². The van der Waals surface area contributed by atoms with Crippen LogP contribution in [0.4, 0.5) is 5.00 Å². The Morgan fingerprint density at radius 3 is 2.56 bits per heavy atom. The largest absolute Gasteiger partial charge is 0.465 e. The van der Waals surface area contributed by atoms with E-state index in [2.05, 4.69) is 43.5 Å². The number of hydrogen-bond acceptors (Lipinski definition) is 7. The molecule has 0 fully saturated rings. The van der Waals surface area contributed by atoms with E-state index in [1.54, 1.807) is 13.0 Å². The first-order chi connectivity index (χ1) is 12.0. The predicted molar refractivity (Wildman–Crippen MR) is 106 cm³/mol. The van der Waals surface area contributed by atoms with Crippen molar-refractivity contribution in [2.24, 2.45) is 0 Å². The zero-order valence-electron chi connectivity index (χ0n) is 16.2. The first-order valence-corrected chi connectivity index (χ1v) is 9.14. The van der Waals surface area contributed by atoms with Crippen molar-refractivity contribution in [1.82, 2.24) is 10.5 Å². The molecule has 9 heteroatoms. The fraction of sp³-hybridized carbons (Fsp3) is 0.500. The van der Waals surface area contributed by atoms with Crippen LogP contribution in [0, 0.1) is 6.92 Å². The number of ether oxygens (including phenoxy) is 1. The summed E-state index contributed by atoms with van der Waals surface area (Å²) in [7, 11) is 1.34. The maximum Gasteiger partial charge on any atom is 0.341 e. The van der Waals surface area contributed by atoms with Crippen molar-refractivity contribution >= 4 is 40.6 Å². The first kappa shape index (κ1) is 21.4. The molecule has 0 atom stereocenters. The summed E-state index contributed by atoms with van der Waals surface area (Å²) in [6.07, 6.45) is 0.657. The zero-order chi connectivity index (χ0) is 19.3. The summed E-state index contributed by atoms with van der Waals surface area (Å²) < 4.78 is 10.0. The molecule has 0 bridgehead atoms. The number of hydrogen-bond donors (Lipinski definition) is 2. The fourth-order valence-corrected chi connectivity index (χ4v) is 4.83. The number of thiophene rings is 1. The van der Waals surface area contributed by atoms with Crippen LogP contribution in [0.25, 0.3) is 0 Å². The molecule has 0 aromatic carbocycles. The molecule has 2 N–H and O–H groups in total. The highest BCUT2D eigenvalue weighted by Crippen LogP contribution is 2.45. The number of aryl methyl sites for hydroxylation is 1. The normalized spacial score (nSPS) is 16.8. The van der Waals surface area contributed by atoms with Gasteiger partial charge in [0.15, 0.2) is 0 Å². The Labute approximate surface area is 168 Å². The van der Waals surface area contributed by atoms with Gasteiger partial charge in [0.1, 0.15) is 5.00 Å². The third-order valence-corrected chi connectivity index (χ3v) is 5.78. The van der Waals surface area contributed by atoms with Crippen molar-refractivity contribution in [3.05, 3.63) is 33.5 Å². The molecule has 2 aromatic heterocycles. The van der Waals surface area contributed by atoms with Crippen LogP contribution in [0.15, 0.2) is 10.6 Å². The smallest absolute Gasteiger partial charge is 0.341 e. The minimum atomic E-state index is -0.458. The number of halogens is 1. The third kappa shape index (κ3) is 4.02. The lowest BCUT2D eigenvalue weighted by atomic mass is 9.81. The van der Waals surface area contributed by atoms with Gasteiger partial charge in [0.2, 0.25) is 5.76 Å². The number of esters is 1. The third-order valence-electron chi connectivity index (χ3n) is 4.31. The Morgan fingerprint density at radius 1 is 1.33 bits per heavy atom. The number of aromatic nitrogens is 1. The number of nitrogens with zero attached hydrogens (tertiary/aromatic N) is 1. The number of methoxy groups -OCH3 is 1. The topological polar surface area (TPSA) is 93.5 Å². The molecule has 148 valence electrons. The molecular weight excluding hydrogens is 390 g/mol. The number of fused-ring (bicyclic) bond motifs is 1. The van der Waals surface area contributed by atoms with Crippen LogP contribution in [-0.4, -0.2) is 29.7 Å². The molecule has 0 radical (unpaired) electrons. The van der Waals surface area contributed by atoms with Crippen molar-refractivity contribution in [3.63, 3.8) is 0 Å². The molecule has 7 nitrogen and oxygen atoms in total. The Hall–Kier alpha value is -1.90. The van der Waals surface area contributed by atoms with Crippen LogP contribution in [0.2, 0.25) is 0 Å². The Kier molecular flexibility index (Phi) is 5.75. The second kappa shape index (κ2) is 7.26. The van der Waals surface area contributed by atoms with E-state index in [9.17, 15) is 9.59 Å². The van der Waals surface area contributed by atoms with E-state index < -0.39 is 11.9 Å². The Balaban J connectivity index is 0.00000261. The van der Waals surface area contributed by atoms with Crippen LogP contribution in [0.1, 0.15) is 64.7 Å². The molecule has 0 aliphatic carbocycles. The molecule has 1 aliphatic heterocycles. The lowest BCUT2D eigenvalue weighted by Crippen LogP contribution is -2.55. The van der Waals surface area contributed by atoms with E-state index in [0.717, 1.165) is 10.4 Å². The van der Waals surface area contributed by atoms with Gasteiger partial charge in [-0.3, -0.25) is 4.79 Å². The van der Waals surface area contributed by atoms with E-state index in [4.69, 9.17) is 9.26 Å². The summed E-state index contributed by atoms with van der Waals surface area (Å²) in [6.45, 7) is 10.0. The Bertz CT molecular complexity index is 885. The molecule has 3 rings (SSSR count). The number of nitrogens with one attached hydrogen (secondary N) is 2. The number of carbonyl (C=O) groups excluding carboxylic acids is 2. The molecule has 0 saturated heterocycles. The highest BCUT2D eigenvalue weighted by atomic mass is 35.5. The fourth-order valence-electron chi connectivity index (χ4n) is 3.57. The predicted octanol–water partition coefficient (Wildman–Crippen LogP) is 3.66. The van der Waals surface area contributed by atoms with Gasteiger partial charge in [-0.05, 0) is 46.6 Å². The van der Waals surface area contributed by atoms with Crippen molar-refractivity contribution in [3.8, 4) is 0 Å². The molecule has 0 spiro atoms.